The van der Waals surface area contributed by atoms with Crippen molar-refractivity contribution in [3.63, 3.8) is 0 Å². The predicted molar refractivity (Wildman–Crippen MR) is 442 cm³/mol. The molecule has 2 amide bonds. The molecule has 6 atom stereocenters. The SMILES string of the molecule is CC(C)(C)OC(=O)N1CC[C@H]1COc1ccc(B2OC(C)(C)C(C)(C)O2)cc1.C[C@@H](Oc1ccc2ncc(-c3ccc(OC[C@@H]4CCN4)cc3)n2n1)c1cccc(F)c1.C[C@@H](Oc1ccc2ncc(-c3ccc(OC[C@@H]4CCN4C(=O)OC(C)(C)C)cc3)n2n1)c1cccc(F)c1.C[C@@H](Oc1ccc2ncc(Br)n2n1)c1cccc(F)c1. The van der Waals surface area contributed by atoms with Gasteiger partial charge in [-0.25, -0.2) is 51.3 Å². The van der Waals surface area contributed by atoms with E-state index in [1.807, 2.05) is 199 Å². The molecule has 0 bridgehead atoms. The maximum absolute atomic E-state index is 13.6. The van der Waals surface area contributed by atoms with Gasteiger partial charge in [0.1, 0.15) is 88.6 Å². The maximum Gasteiger partial charge on any atom is 0.494 e. The highest BCUT2D eigenvalue weighted by Crippen LogP contribution is 2.38. The van der Waals surface area contributed by atoms with E-state index in [4.69, 9.17) is 47.2 Å². The molecule has 4 fully saturated rings. The summed E-state index contributed by atoms with van der Waals surface area (Å²) in [5.74, 6) is 2.73. The topological polar surface area (TPSA) is 236 Å². The molecule has 29 heteroatoms. The number of nitrogens with one attached hydrogen (secondary N) is 1. The standard InChI is InChI=1S/C29H31FN4O4.C24H23FN4O2.C21H32BNO5.C14H11BrFN3O/c1-19(21-6-5-7-22(30)16-21)37-27-13-12-26-31-17-25(34(26)32-27)20-8-10-24(11-9-20)36-18-23-14-15-33(23)28(35)38-29(2,3)4;1-16(18-3-2-4-19(25)13-18)31-24-10-9-23-27-14-22(29(23)28-24)17-5-7-21(8-6-17)30-15-20-11-12-26-20;1-19(2,3)26-18(24)23-13-12-16(23)14-25-17-10-8-15(9-11-17)22-27-20(4,5)21(6,7)28-22;1-9(10-3-2-4-11(16)7-10)20-14-6-5-13-17-8-12(15)19(13)18-14/h5-13,16-17,19,23H,14-15,18H2,1-4H3;2-10,13-14,16,20,26H,11-12,15H2,1H3;8-11,16H,12-14H2,1-7H3;2-9H,1H3/t19-,23+;16-,20+;16-;9-/m1101/s1. The molecule has 10 heterocycles. The Kier molecular flexibility index (Phi) is 25.8. The van der Waals surface area contributed by atoms with Crippen molar-refractivity contribution in [3.8, 4) is 57.4 Å². The number of benzene rings is 6. The lowest BCUT2D eigenvalue weighted by Crippen LogP contribution is -2.55. The Hall–Kier alpha value is -11.3. The van der Waals surface area contributed by atoms with Gasteiger partial charge < -0.3 is 62.3 Å². The van der Waals surface area contributed by atoms with Gasteiger partial charge in [0.05, 0.1) is 53.3 Å². The molecule has 0 unspecified atom stereocenters. The van der Waals surface area contributed by atoms with Crippen molar-refractivity contribution in [2.24, 2.45) is 0 Å². The Morgan fingerprint density at radius 2 is 0.855 bits per heavy atom. The molecule has 612 valence electrons. The maximum atomic E-state index is 13.6. The molecule has 0 aliphatic carbocycles. The molecule has 16 rings (SSSR count). The molecule has 12 aromatic rings. The smallest absolute Gasteiger partial charge is 0.492 e. The van der Waals surface area contributed by atoms with E-state index in [0.717, 1.165) is 97.9 Å². The van der Waals surface area contributed by atoms with Crippen LogP contribution in [0.3, 0.4) is 0 Å². The summed E-state index contributed by atoms with van der Waals surface area (Å²) in [4.78, 5) is 41.0. The van der Waals surface area contributed by atoms with Gasteiger partial charge in [0.2, 0.25) is 17.6 Å². The summed E-state index contributed by atoms with van der Waals surface area (Å²) in [6, 6.07) is 53.6. The lowest BCUT2D eigenvalue weighted by atomic mass is 9.79. The van der Waals surface area contributed by atoms with Crippen molar-refractivity contribution in [1.29, 1.82) is 0 Å². The Labute approximate surface area is 687 Å². The molecule has 117 heavy (non-hydrogen) atoms. The second-order valence-electron chi connectivity index (χ2n) is 31.9. The quantitative estimate of drug-likeness (QED) is 0.0658. The summed E-state index contributed by atoms with van der Waals surface area (Å²) >= 11 is 3.35. The minimum atomic E-state index is -0.521. The third kappa shape index (κ3) is 21.5. The van der Waals surface area contributed by atoms with Gasteiger partial charge in [-0.15, -0.1) is 15.3 Å². The third-order valence-corrected chi connectivity index (χ3v) is 20.9. The van der Waals surface area contributed by atoms with Crippen LogP contribution in [0.15, 0.2) is 205 Å². The van der Waals surface area contributed by atoms with Crippen molar-refractivity contribution >= 4 is 57.6 Å². The molecule has 1 N–H and O–H groups in total. The van der Waals surface area contributed by atoms with Crippen LogP contribution in [-0.4, -0.2) is 153 Å². The molecule has 0 spiro atoms. The van der Waals surface area contributed by atoms with Crippen LogP contribution < -0.4 is 39.2 Å². The largest absolute Gasteiger partial charge is 0.494 e. The molecule has 6 aromatic heterocycles. The van der Waals surface area contributed by atoms with Gasteiger partial charge in [-0.1, -0.05) is 48.5 Å². The van der Waals surface area contributed by atoms with Gasteiger partial charge in [0.25, 0.3) is 0 Å². The lowest BCUT2D eigenvalue weighted by molar-refractivity contribution is -0.0149. The monoisotopic (exact) mass is 1660 g/mol. The molecule has 4 aliphatic heterocycles. The number of likely N-dealkylation sites (tertiary alicyclic amines) is 2. The number of imidazole rings is 3. The molecule has 0 saturated carbocycles. The Balaban J connectivity index is 0.000000138. The number of aromatic nitrogens is 9. The van der Waals surface area contributed by atoms with E-state index in [1.54, 1.807) is 78.3 Å². The van der Waals surface area contributed by atoms with Gasteiger partial charge in [-0.3, -0.25) is 0 Å². The van der Waals surface area contributed by atoms with Crippen LogP contribution in [0, 0.1) is 17.5 Å². The fourth-order valence-electron chi connectivity index (χ4n) is 12.7. The number of carbonyl (C=O) groups is 2. The highest BCUT2D eigenvalue weighted by molar-refractivity contribution is 9.10. The van der Waals surface area contributed by atoms with Crippen LogP contribution in [-0.2, 0) is 18.8 Å². The minimum Gasteiger partial charge on any atom is -0.492 e. The average molecular weight is 1660 g/mol. The molecule has 6 aromatic carbocycles. The van der Waals surface area contributed by atoms with E-state index in [2.05, 4.69) is 51.5 Å². The van der Waals surface area contributed by atoms with Crippen molar-refractivity contribution in [2.75, 3.05) is 39.5 Å². The number of hydrogen-bond donors (Lipinski definition) is 1. The van der Waals surface area contributed by atoms with E-state index >= 15 is 0 Å². The first-order valence-electron chi connectivity index (χ1n) is 39.1. The number of ether oxygens (including phenoxy) is 8. The summed E-state index contributed by atoms with van der Waals surface area (Å²) < 4.78 is 105. The average Bonchev–Trinajstić information content (AvgIpc) is 1.63. The minimum absolute atomic E-state index is 0.000640. The summed E-state index contributed by atoms with van der Waals surface area (Å²) in [5.41, 5.74) is 7.14. The summed E-state index contributed by atoms with van der Waals surface area (Å²) in [7, 11) is -0.381. The number of nitrogens with zero attached hydrogens (tertiary/aromatic N) is 11. The van der Waals surface area contributed by atoms with Crippen molar-refractivity contribution in [3.05, 3.63) is 239 Å². The molecular formula is C88H97BBrF3N12O12. The normalized spacial score (nSPS) is 17.4. The van der Waals surface area contributed by atoms with E-state index in [0.29, 0.717) is 68.0 Å². The van der Waals surface area contributed by atoms with Gasteiger partial charge in [0.15, 0.2) is 16.9 Å². The van der Waals surface area contributed by atoms with E-state index < -0.39 is 11.2 Å². The highest BCUT2D eigenvalue weighted by Gasteiger charge is 2.52. The van der Waals surface area contributed by atoms with Crippen LogP contribution in [0.25, 0.3) is 39.5 Å². The number of carbonyl (C=O) groups excluding carboxylic acids is 2. The second-order valence-corrected chi connectivity index (χ2v) is 32.8. The third-order valence-electron chi connectivity index (χ3n) is 20.3. The number of hydrogen-bond acceptors (Lipinski definition) is 19. The molecular weight excluding hydrogens is 1560 g/mol. The molecule has 24 nitrogen and oxygen atoms in total. The Bertz CT molecular complexity index is 5380. The Morgan fingerprint density at radius 1 is 0.496 bits per heavy atom. The first kappa shape index (κ1) is 83.7. The van der Waals surface area contributed by atoms with Crippen LogP contribution in [0.2, 0.25) is 0 Å². The zero-order chi connectivity index (χ0) is 82.9. The van der Waals surface area contributed by atoms with Gasteiger partial charge in [-0.05, 0) is 269 Å². The van der Waals surface area contributed by atoms with Crippen molar-refractivity contribution < 1.29 is 70.0 Å². The van der Waals surface area contributed by atoms with Crippen LogP contribution in [0.5, 0.6) is 34.9 Å². The first-order valence-corrected chi connectivity index (χ1v) is 39.9. The summed E-state index contributed by atoms with van der Waals surface area (Å²) in [6.07, 6.45) is 6.59. The summed E-state index contributed by atoms with van der Waals surface area (Å²) in [5, 5.41) is 16.8. The first-order chi connectivity index (χ1) is 55.8. The number of rotatable bonds is 21. The van der Waals surface area contributed by atoms with Crippen LogP contribution >= 0.6 is 15.9 Å². The fourth-order valence-corrected chi connectivity index (χ4v) is 13.1. The zero-order valence-electron chi connectivity index (χ0n) is 67.8. The highest BCUT2D eigenvalue weighted by atomic mass is 79.9. The van der Waals surface area contributed by atoms with Crippen molar-refractivity contribution in [2.45, 2.75) is 168 Å². The van der Waals surface area contributed by atoms with Gasteiger partial charge >= 0.3 is 19.3 Å². The van der Waals surface area contributed by atoms with E-state index in [-0.39, 0.29) is 78.4 Å². The van der Waals surface area contributed by atoms with Crippen LogP contribution in [0.1, 0.15) is 144 Å². The zero-order valence-corrected chi connectivity index (χ0v) is 69.4. The van der Waals surface area contributed by atoms with Crippen LogP contribution in [0.4, 0.5) is 22.8 Å². The van der Waals surface area contributed by atoms with Gasteiger partial charge in [0, 0.05) is 48.5 Å². The lowest BCUT2D eigenvalue weighted by Gasteiger charge is -2.41. The number of halogens is 4. The molecule has 4 aliphatic rings. The van der Waals surface area contributed by atoms with E-state index in [1.165, 1.54) is 36.4 Å². The Morgan fingerprint density at radius 3 is 1.21 bits per heavy atom. The number of amides is 2. The van der Waals surface area contributed by atoms with E-state index in [9.17, 15) is 22.8 Å². The molecule has 0 radical (unpaired) electrons. The van der Waals surface area contributed by atoms with Gasteiger partial charge in [-0.2, -0.15) is 0 Å². The fraction of sp³-hybridized carbons (Fsp3) is 0.364. The molecule has 4 saturated heterocycles. The summed E-state index contributed by atoms with van der Waals surface area (Å²) in [6.45, 7) is 28.9. The predicted octanol–water partition coefficient (Wildman–Crippen LogP) is 17.6. The van der Waals surface area contributed by atoms with Crippen molar-refractivity contribution in [1.82, 2.24) is 58.9 Å². The second kappa shape index (κ2) is 36.1. The number of fused-ring (bicyclic) bond motifs is 3.